The van der Waals surface area contributed by atoms with Crippen molar-refractivity contribution in [3.8, 4) is 17.3 Å². The Labute approximate surface area is 128 Å². The number of nitriles is 1. The topological polar surface area (TPSA) is 71.8 Å². The lowest BCUT2D eigenvalue weighted by atomic mass is 10.1. The van der Waals surface area contributed by atoms with Gasteiger partial charge in [-0.3, -0.25) is 4.79 Å². The van der Waals surface area contributed by atoms with E-state index in [0.29, 0.717) is 17.7 Å². The van der Waals surface area contributed by atoms with E-state index in [1.165, 1.54) is 0 Å². The summed E-state index contributed by atoms with van der Waals surface area (Å²) < 4.78 is 2.05. The van der Waals surface area contributed by atoms with Crippen LogP contribution in [-0.4, -0.2) is 10.5 Å². The number of hydrogen-bond donors (Lipinski definition) is 1. The molecule has 0 bridgehead atoms. The van der Waals surface area contributed by atoms with Crippen molar-refractivity contribution in [1.29, 1.82) is 5.26 Å². The fourth-order valence-corrected chi connectivity index (χ4v) is 2.84. The number of amides is 1. The molecule has 0 spiro atoms. The molecule has 3 rings (SSSR count). The van der Waals surface area contributed by atoms with Gasteiger partial charge in [0.2, 0.25) is 5.91 Å². The lowest BCUT2D eigenvalue weighted by molar-refractivity contribution is 0.100. The van der Waals surface area contributed by atoms with Crippen LogP contribution in [0, 0.1) is 11.3 Å². The number of fused-ring (bicyclic) bond motifs is 1. The molecule has 108 valence electrons. The van der Waals surface area contributed by atoms with Gasteiger partial charge in [0, 0.05) is 17.5 Å². The van der Waals surface area contributed by atoms with Gasteiger partial charge in [-0.1, -0.05) is 36.4 Å². The van der Waals surface area contributed by atoms with Gasteiger partial charge in [-0.25, -0.2) is 0 Å². The quantitative estimate of drug-likeness (QED) is 0.803. The molecule has 22 heavy (non-hydrogen) atoms. The molecule has 0 aliphatic rings. The lowest BCUT2D eigenvalue weighted by Gasteiger charge is -2.08. The number of primary amides is 1. The van der Waals surface area contributed by atoms with Crippen LogP contribution in [-0.2, 0) is 6.54 Å². The second-order valence-corrected chi connectivity index (χ2v) is 5.04. The zero-order chi connectivity index (χ0) is 15.7. The summed E-state index contributed by atoms with van der Waals surface area (Å²) in [6.45, 7) is 2.72. The molecule has 1 aromatic heterocycles. The highest BCUT2D eigenvalue weighted by Crippen LogP contribution is 2.33. The number of nitrogens with two attached hydrogens (primary N) is 1. The minimum Gasteiger partial charge on any atom is -0.366 e. The Morgan fingerprint density at radius 3 is 2.55 bits per heavy atom. The third-order valence-electron chi connectivity index (χ3n) is 3.82. The maximum atomic E-state index is 11.4. The largest absolute Gasteiger partial charge is 0.366 e. The van der Waals surface area contributed by atoms with Crippen LogP contribution in [0.2, 0.25) is 0 Å². The summed E-state index contributed by atoms with van der Waals surface area (Å²) in [6.07, 6.45) is 0. The van der Waals surface area contributed by atoms with Crippen molar-refractivity contribution in [3.05, 3.63) is 59.7 Å². The highest BCUT2D eigenvalue weighted by Gasteiger charge is 2.18. The molecule has 0 fully saturated rings. The second kappa shape index (κ2) is 5.38. The molecular formula is C18H15N3O. The summed E-state index contributed by atoms with van der Waals surface area (Å²) in [5.74, 6) is -0.467. The first-order valence-electron chi connectivity index (χ1n) is 7.09. The minimum atomic E-state index is -0.467. The van der Waals surface area contributed by atoms with Crippen molar-refractivity contribution in [2.45, 2.75) is 13.5 Å². The number of nitrogens with zero attached hydrogens (tertiary/aromatic N) is 2. The zero-order valence-corrected chi connectivity index (χ0v) is 12.2. The molecule has 1 amide bonds. The lowest BCUT2D eigenvalue weighted by Crippen LogP contribution is -2.10. The number of aromatic nitrogens is 1. The van der Waals surface area contributed by atoms with Crippen LogP contribution in [0.1, 0.15) is 22.8 Å². The molecule has 0 radical (unpaired) electrons. The fraction of sp³-hybridized carbons (Fsp3) is 0.111. The highest BCUT2D eigenvalue weighted by molar-refractivity contribution is 6.00. The van der Waals surface area contributed by atoms with Gasteiger partial charge in [-0.2, -0.15) is 5.26 Å². The Kier molecular flexibility index (Phi) is 3.40. The molecule has 4 nitrogen and oxygen atoms in total. The first-order valence-corrected chi connectivity index (χ1v) is 7.09. The van der Waals surface area contributed by atoms with Gasteiger partial charge in [0.25, 0.3) is 0 Å². The number of rotatable bonds is 3. The Balaban J connectivity index is 2.41. The maximum Gasteiger partial charge on any atom is 0.248 e. The van der Waals surface area contributed by atoms with E-state index in [9.17, 15) is 10.1 Å². The number of carbonyl (C=O) groups is 1. The van der Waals surface area contributed by atoms with E-state index in [-0.39, 0.29) is 0 Å². The van der Waals surface area contributed by atoms with Crippen molar-refractivity contribution in [1.82, 2.24) is 4.57 Å². The molecule has 0 aliphatic carbocycles. The van der Waals surface area contributed by atoms with Crippen molar-refractivity contribution in [2.24, 2.45) is 5.73 Å². The molecule has 0 aliphatic heterocycles. The second-order valence-electron chi connectivity index (χ2n) is 5.04. The van der Waals surface area contributed by atoms with Crippen LogP contribution in [0.25, 0.3) is 22.2 Å². The SMILES string of the molecule is CCn1c(-c2ccccc2)c(C#N)c2ccc(C(N)=O)cc21. The predicted octanol–water partition coefficient (Wildman–Crippen LogP) is 3.30. The first-order chi connectivity index (χ1) is 10.7. The van der Waals surface area contributed by atoms with Gasteiger partial charge in [0.1, 0.15) is 6.07 Å². The van der Waals surface area contributed by atoms with Gasteiger partial charge in [0.05, 0.1) is 16.8 Å². The van der Waals surface area contributed by atoms with E-state index >= 15 is 0 Å². The number of aryl methyl sites for hydroxylation is 1. The average molecular weight is 289 g/mol. The Hall–Kier alpha value is -3.06. The fourth-order valence-electron chi connectivity index (χ4n) is 2.84. The Morgan fingerprint density at radius 2 is 1.95 bits per heavy atom. The van der Waals surface area contributed by atoms with Gasteiger partial charge in [-0.15, -0.1) is 0 Å². The van der Waals surface area contributed by atoms with Gasteiger partial charge >= 0.3 is 0 Å². The molecule has 0 unspecified atom stereocenters. The predicted molar refractivity (Wildman–Crippen MR) is 86.3 cm³/mol. The van der Waals surface area contributed by atoms with Crippen LogP contribution >= 0.6 is 0 Å². The maximum absolute atomic E-state index is 11.4. The van der Waals surface area contributed by atoms with Crippen molar-refractivity contribution in [3.63, 3.8) is 0 Å². The first kappa shape index (κ1) is 13.9. The number of benzene rings is 2. The normalized spacial score (nSPS) is 10.5. The van der Waals surface area contributed by atoms with Crippen molar-refractivity contribution in [2.75, 3.05) is 0 Å². The zero-order valence-electron chi connectivity index (χ0n) is 12.2. The molecule has 3 aromatic rings. The van der Waals surface area contributed by atoms with E-state index in [2.05, 4.69) is 10.6 Å². The van der Waals surface area contributed by atoms with Crippen molar-refractivity contribution >= 4 is 16.8 Å². The summed E-state index contributed by atoms with van der Waals surface area (Å²) in [5.41, 5.74) is 9.16. The molecule has 0 atom stereocenters. The molecule has 2 N–H and O–H groups in total. The van der Waals surface area contributed by atoms with E-state index < -0.39 is 5.91 Å². The highest BCUT2D eigenvalue weighted by atomic mass is 16.1. The summed E-state index contributed by atoms with van der Waals surface area (Å²) in [7, 11) is 0. The molecular weight excluding hydrogens is 274 g/mol. The van der Waals surface area contributed by atoms with E-state index in [4.69, 9.17) is 5.73 Å². The molecule has 4 heteroatoms. The van der Waals surface area contributed by atoms with Crippen LogP contribution in [0.3, 0.4) is 0 Å². The van der Waals surface area contributed by atoms with E-state index in [1.807, 2.05) is 37.3 Å². The van der Waals surface area contributed by atoms with Crippen LogP contribution in [0.4, 0.5) is 0 Å². The van der Waals surface area contributed by atoms with Crippen LogP contribution < -0.4 is 5.73 Å². The summed E-state index contributed by atoms with van der Waals surface area (Å²) in [5, 5.41) is 10.5. The third kappa shape index (κ3) is 2.04. The summed E-state index contributed by atoms with van der Waals surface area (Å²) in [6, 6.07) is 17.3. The summed E-state index contributed by atoms with van der Waals surface area (Å²) in [4.78, 5) is 11.4. The number of hydrogen-bond acceptors (Lipinski definition) is 2. The van der Waals surface area contributed by atoms with Crippen molar-refractivity contribution < 1.29 is 4.79 Å². The van der Waals surface area contributed by atoms with Crippen LogP contribution in [0.15, 0.2) is 48.5 Å². The van der Waals surface area contributed by atoms with Gasteiger partial charge < -0.3 is 10.3 Å². The van der Waals surface area contributed by atoms with Gasteiger partial charge in [0.15, 0.2) is 0 Å². The molecule has 1 heterocycles. The smallest absolute Gasteiger partial charge is 0.248 e. The molecule has 0 saturated carbocycles. The van der Waals surface area contributed by atoms with Gasteiger partial charge in [-0.05, 0) is 24.6 Å². The summed E-state index contributed by atoms with van der Waals surface area (Å²) >= 11 is 0. The third-order valence-corrected chi connectivity index (χ3v) is 3.82. The number of carbonyl (C=O) groups excluding carboxylic acids is 1. The monoisotopic (exact) mass is 289 g/mol. The molecule has 0 saturated heterocycles. The minimum absolute atomic E-state index is 0.448. The van der Waals surface area contributed by atoms with Crippen LogP contribution in [0.5, 0.6) is 0 Å². The Bertz CT molecular complexity index is 901. The standard InChI is InChI=1S/C18H15N3O/c1-2-21-16-10-13(18(20)22)8-9-14(16)15(11-19)17(21)12-6-4-3-5-7-12/h3-10H,2H2,1H3,(H2,20,22). The molecule has 2 aromatic carbocycles. The van der Waals surface area contributed by atoms with E-state index in [1.54, 1.807) is 18.2 Å². The average Bonchev–Trinajstić information content (AvgIpc) is 2.88. The Morgan fingerprint density at radius 1 is 1.23 bits per heavy atom. The van der Waals surface area contributed by atoms with E-state index in [0.717, 1.165) is 22.2 Å².